The number of nitrogens with zero attached hydrogens (tertiary/aromatic N) is 5. The summed E-state index contributed by atoms with van der Waals surface area (Å²) in [6.07, 6.45) is -0.313. The number of fused-ring (bicyclic) bond motifs is 1. The second-order valence-corrected chi connectivity index (χ2v) is 34.8. The fourth-order valence-corrected chi connectivity index (χ4v) is 16.2. The van der Waals surface area contributed by atoms with E-state index in [-0.39, 0.29) is 62.9 Å². The van der Waals surface area contributed by atoms with Gasteiger partial charge in [-0.15, -0.1) is 0 Å². The van der Waals surface area contributed by atoms with Crippen LogP contribution in [0.2, 0.25) is 0 Å². The van der Waals surface area contributed by atoms with Crippen LogP contribution in [0.4, 0.5) is 0 Å². The summed E-state index contributed by atoms with van der Waals surface area (Å²) in [5.41, 5.74) is 8.89. The van der Waals surface area contributed by atoms with Gasteiger partial charge < -0.3 is 98.4 Å². The van der Waals surface area contributed by atoms with E-state index in [2.05, 4.69) is 52.8 Å². The maximum absolute atomic E-state index is 15.5. The van der Waals surface area contributed by atoms with Gasteiger partial charge in [0.05, 0.1) is 31.8 Å². The van der Waals surface area contributed by atoms with Crippen LogP contribution in [0, 0.1) is 11.8 Å². The Kier molecular flexibility index (Phi) is 38.2. The Morgan fingerprint density at radius 1 is 0.462 bits per heavy atom. The summed E-state index contributed by atoms with van der Waals surface area (Å²) in [4.78, 5) is 243. The number of aliphatic carboxylic acids is 1. The van der Waals surface area contributed by atoms with Gasteiger partial charge in [0.25, 0.3) is 0 Å². The molecule has 0 saturated carbocycles. The van der Waals surface area contributed by atoms with Crippen LogP contribution in [0.3, 0.4) is 0 Å². The largest absolute Gasteiger partial charge is 0.508 e. The Hall–Kier alpha value is -13.9. The number of primary amides is 1. The fraction of sp³-hybridized carbons (Fsp3) is 0.419. The summed E-state index contributed by atoms with van der Waals surface area (Å²) in [6, 6.07) is 25.9. The highest BCUT2D eigenvalue weighted by atomic mass is 32.2. The number of phenolic OH excluding ortho intramolecular Hbond substituents is 2. The van der Waals surface area contributed by atoms with E-state index >= 15 is 38.4 Å². The molecule has 1 saturated heterocycles. The van der Waals surface area contributed by atoms with Gasteiger partial charge in [0.15, 0.2) is 0 Å². The second kappa shape index (κ2) is 48.9. The van der Waals surface area contributed by atoms with Crippen molar-refractivity contribution in [1.82, 2.24) is 77.3 Å². The molecule has 37 heteroatoms. The molecule has 15 N–H and O–H groups in total. The second-order valence-electron chi connectivity index (χ2n) is 33.3. The number of aromatic hydroxyl groups is 2. The van der Waals surface area contributed by atoms with Crippen molar-refractivity contribution < 1.29 is 96.2 Å². The molecule has 1 unspecified atom stereocenters. The molecule has 6 aromatic carbocycles. The maximum atomic E-state index is 15.5. The highest BCUT2D eigenvalue weighted by molar-refractivity contribution is 7.85. The van der Waals surface area contributed by atoms with Gasteiger partial charge in [0.2, 0.25) is 88.6 Å². The molecule has 1 aliphatic rings. The Morgan fingerprint density at radius 2 is 0.900 bits per heavy atom. The van der Waals surface area contributed by atoms with Gasteiger partial charge in [-0.3, -0.25) is 80.9 Å². The molecule has 696 valence electrons. The lowest BCUT2D eigenvalue weighted by Gasteiger charge is -2.37. The predicted octanol–water partition coefficient (Wildman–Crippen LogP) is 1.34. The quantitative estimate of drug-likeness (QED) is 0.0430. The number of nitrogens with one attached hydrogen (secondary N) is 10. The van der Waals surface area contributed by atoms with Crippen molar-refractivity contribution in [2.24, 2.45) is 17.6 Å². The van der Waals surface area contributed by atoms with Crippen LogP contribution in [0.15, 0.2) is 170 Å². The van der Waals surface area contributed by atoms with Crippen molar-refractivity contribution in [2.75, 3.05) is 66.4 Å². The average Bonchev–Trinajstić information content (AvgIpc) is 1.49. The molecule has 0 bridgehead atoms. The monoisotopic (exact) mass is 1810 g/mol. The van der Waals surface area contributed by atoms with Crippen LogP contribution < -0.4 is 53.6 Å². The van der Waals surface area contributed by atoms with Gasteiger partial charge in [-0.2, -0.15) is 0 Å². The van der Waals surface area contributed by atoms with E-state index in [9.17, 15) is 57.9 Å². The van der Waals surface area contributed by atoms with Gasteiger partial charge in [-0.1, -0.05) is 181 Å². The van der Waals surface area contributed by atoms with Crippen LogP contribution in [-0.2, 0) is 126 Å². The topological polar surface area (TPSA) is 517 Å². The number of phenols is 2. The van der Waals surface area contributed by atoms with Crippen molar-refractivity contribution in [3.63, 3.8) is 0 Å². The molecular formula is C93H118N16O20S. The molecule has 0 aliphatic carbocycles. The minimum Gasteiger partial charge on any atom is -0.508 e. The van der Waals surface area contributed by atoms with Gasteiger partial charge >= 0.3 is 5.97 Å². The van der Waals surface area contributed by atoms with Gasteiger partial charge in [0, 0.05) is 102 Å². The number of carboxylic acid groups (broad SMARTS) is 1. The minimum absolute atomic E-state index is 0.00160. The Morgan fingerprint density at radius 3 is 1.43 bits per heavy atom. The fourth-order valence-electron chi connectivity index (χ4n) is 15.1. The number of carbonyl (C=O) groups excluding carboxylic acids is 15. The lowest BCUT2D eigenvalue weighted by Crippen LogP contribution is -2.61. The van der Waals surface area contributed by atoms with Crippen LogP contribution in [0.25, 0.3) is 10.9 Å². The number of unbranched alkanes of at least 4 members (excludes halogenated alkanes) is 1. The number of carboxylic acids is 1. The molecule has 1 fully saturated rings. The van der Waals surface area contributed by atoms with E-state index in [1.165, 1.54) is 83.8 Å². The molecule has 7 aromatic rings. The van der Waals surface area contributed by atoms with Crippen molar-refractivity contribution >= 4 is 116 Å². The van der Waals surface area contributed by atoms with Crippen molar-refractivity contribution in [2.45, 2.75) is 172 Å². The van der Waals surface area contributed by atoms with Crippen LogP contribution in [0.1, 0.15) is 100 Å². The van der Waals surface area contributed by atoms with Crippen molar-refractivity contribution in [3.8, 4) is 11.5 Å². The molecule has 1 aromatic heterocycles. The number of para-hydroxylation sites is 1. The summed E-state index contributed by atoms with van der Waals surface area (Å²) in [5, 5.41) is 55.0. The summed E-state index contributed by atoms with van der Waals surface area (Å²) in [6.45, 7) is 5.92. The number of carbonyl (C=O) groups is 16. The van der Waals surface area contributed by atoms with Gasteiger partial charge in [0.1, 0.15) is 83.7 Å². The molecule has 1 aliphatic heterocycles. The van der Waals surface area contributed by atoms with E-state index in [0.29, 0.717) is 57.1 Å². The molecule has 36 nitrogen and oxygen atoms in total. The first-order valence-electron chi connectivity index (χ1n) is 42.8. The predicted molar refractivity (Wildman–Crippen MR) is 483 cm³/mol. The molecule has 8 rings (SSSR count). The van der Waals surface area contributed by atoms with E-state index in [0.717, 1.165) is 24.5 Å². The third kappa shape index (κ3) is 30.4. The third-order valence-electron chi connectivity index (χ3n) is 22.2. The number of rotatable bonds is 23. The van der Waals surface area contributed by atoms with Crippen LogP contribution >= 0.6 is 0 Å². The highest BCUT2D eigenvalue weighted by Crippen LogP contribution is 2.24. The number of nitrogens with two attached hydrogens (primary N) is 1. The van der Waals surface area contributed by atoms with Gasteiger partial charge in [-0.25, -0.2) is 0 Å². The van der Waals surface area contributed by atoms with Crippen molar-refractivity contribution in [3.05, 3.63) is 203 Å². The number of H-pyrrole nitrogens is 1. The van der Waals surface area contributed by atoms with E-state index in [1.54, 1.807) is 149 Å². The van der Waals surface area contributed by atoms with E-state index in [4.69, 9.17) is 5.73 Å². The number of benzene rings is 6. The highest BCUT2D eigenvalue weighted by Gasteiger charge is 2.43. The number of aromatic nitrogens is 1. The van der Waals surface area contributed by atoms with Crippen molar-refractivity contribution in [1.29, 1.82) is 0 Å². The standard InChI is InChI=1S/C93H118N16O20S/c1-11-12-32-74-91(126)106(7)52-79(114)98-70(48-81(116)117)87(122)104-82(56(4)5)93(128)108(9)75(45-58-26-18-14-19-27-58)88(123)102-71(44-61-35-39-64(111)40-36-61)89(124)105(6)51-78(113)97-69(47-62-49-95-66-31-23-22-30-65(62)66)86(121)101-68(42-60-33-37-63(110)38-34-60)85(120)100-67(41-55(2)3)84(119)103-73(83(118)96-50-77(94)112)53-130(129)54-80(115)99-72(43-57-24-16-13-17-25-57)90(125)109(10)76(92(127)107(74)8)46-59-28-20-15-21-29-59/h13-31,33-40,49,55-56,67-76,82,95,110-111H,11-12,32,41-48,50-54H2,1-10H3,(H2,94,112)(H,96,118)(H,97,113)(H,98,114)(H,99,115)(H,100,120)(H,101,121)(H,102,123)(H,103,119)(H,104,122)(H,116,117)/t67-,68-,69-,70-,71-,72-,73-,74-,75-,76-,82-,130?/m0/s1. The summed E-state index contributed by atoms with van der Waals surface area (Å²) in [5.74, 6) is -19.4. The van der Waals surface area contributed by atoms with E-state index < -0.39 is 221 Å². The van der Waals surface area contributed by atoms with Crippen LogP contribution in [-0.4, -0.2) is 276 Å². The lowest BCUT2D eigenvalue weighted by molar-refractivity contribution is -0.151. The SMILES string of the molecule is CCCC[C@H]1C(=O)N(C)CC(=O)N[C@@H](CC(=O)O)C(=O)N[C@@H](C(C)C)C(=O)N(C)[C@@H](Cc2ccccc2)C(=O)N[C@@H](Cc2ccc(O)cc2)C(=O)N(C)CC(=O)N[C@@H](Cc2c[nH]c3ccccc23)C(=O)N[C@@H](Cc2ccc(O)cc2)C(=O)N[C@@H](CC(C)C)C(=O)N[C@H](C(=O)NCC(N)=O)CS(=O)CC(=O)N[C@@H](Cc2ccccc2)C(=O)N(C)[C@@H](Cc2ccccc2)C(=O)N1C. The van der Waals surface area contributed by atoms with Gasteiger partial charge in [-0.05, 0) is 88.4 Å². The molecular weight excluding hydrogens is 1690 g/mol. The Bertz CT molecular complexity index is 5160. The summed E-state index contributed by atoms with van der Waals surface area (Å²) < 4.78 is 14.6. The maximum Gasteiger partial charge on any atom is 0.305 e. The molecule has 130 heavy (non-hydrogen) atoms. The first-order chi connectivity index (χ1) is 61.8. The van der Waals surface area contributed by atoms with Crippen LogP contribution in [0.5, 0.6) is 11.5 Å². The molecule has 2 heterocycles. The number of hydrogen-bond donors (Lipinski definition) is 14. The zero-order valence-corrected chi connectivity index (χ0v) is 75.3. The first kappa shape index (κ1) is 102. The number of likely N-dealkylation sites (N-methyl/N-ethyl adjacent to an activating group) is 5. The third-order valence-corrected chi connectivity index (χ3v) is 23.5. The molecule has 12 atom stereocenters. The molecule has 0 radical (unpaired) electrons. The first-order valence-corrected chi connectivity index (χ1v) is 44.3. The molecule has 0 spiro atoms. The zero-order chi connectivity index (χ0) is 95.2. The zero-order valence-electron chi connectivity index (χ0n) is 74.5. The average molecular weight is 1810 g/mol. The summed E-state index contributed by atoms with van der Waals surface area (Å²) in [7, 11) is 3.95. The number of amides is 15. The molecule has 15 amide bonds. The lowest BCUT2D eigenvalue weighted by atomic mass is 9.98. The number of aromatic amines is 1. The smallest absolute Gasteiger partial charge is 0.305 e. The summed E-state index contributed by atoms with van der Waals surface area (Å²) >= 11 is 0. The Labute approximate surface area is 756 Å². The minimum atomic E-state index is -2.46. The number of hydrogen-bond acceptors (Lipinski definition) is 19. The van der Waals surface area contributed by atoms with E-state index in [1.807, 2.05) is 6.92 Å². The normalized spacial score (nSPS) is 22.4. The Balaban J connectivity index is 1.22.